The van der Waals surface area contributed by atoms with Crippen LogP contribution in [0.15, 0.2) is 30.7 Å². The Bertz CT molecular complexity index is 599. The molecule has 0 bridgehead atoms. The number of anilines is 3. The van der Waals surface area contributed by atoms with Crippen LogP contribution in [-0.4, -0.2) is 27.4 Å². The zero-order valence-electron chi connectivity index (χ0n) is 9.79. The number of carbonyl (C=O) groups excluding carboxylic acids is 1. The molecular formula is C12H11N5O. The van der Waals surface area contributed by atoms with Crippen LogP contribution in [0.1, 0.15) is 5.82 Å². The van der Waals surface area contributed by atoms with Gasteiger partial charge in [-0.3, -0.25) is 14.7 Å². The van der Waals surface area contributed by atoms with Crippen LogP contribution in [0.4, 0.5) is 17.2 Å². The quantitative estimate of drug-likeness (QED) is 0.814. The SMILES string of the molecule is Cc1ncc2c(n1)NCC(=O)N2c1cccnc1. The van der Waals surface area contributed by atoms with Crippen LogP contribution in [0.3, 0.4) is 0 Å². The normalized spacial score (nSPS) is 14.1. The summed E-state index contributed by atoms with van der Waals surface area (Å²) in [6.45, 7) is 2.03. The van der Waals surface area contributed by atoms with Gasteiger partial charge in [-0.25, -0.2) is 9.97 Å². The van der Waals surface area contributed by atoms with E-state index in [-0.39, 0.29) is 12.5 Å². The summed E-state index contributed by atoms with van der Waals surface area (Å²) in [4.78, 5) is 26.1. The summed E-state index contributed by atoms with van der Waals surface area (Å²) >= 11 is 0. The molecule has 2 aromatic rings. The van der Waals surface area contributed by atoms with E-state index in [0.29, 0.717) is 17.3 Å². The average molecular weight is 241 g/mol. The maximum absolute atomic E-state index is 12.0. The van der Waals surface area contributed by atoms with Crippen LogP contribution in [0.5, 0.6) is 0 Å². The Morgan fingerprint density at radius 3 is 3.06 bits per heavy atom. The minimum Gasteiger partial charge on any atom is -0.359 e. The van der Waals surface area contributed by atoms with Gasteiger partial charge in [0, 0.05) is 6.20 Å². The van der Waals surface area contributed by atoms with Gasteiger partial charge in [0.15, 0.2) is 5.82 Å². The van der Waals surface area contributed by atoms with Crippen LogP contribution in [-0.2, 0) is 4.79 Å². The van der Waals surface area contributed by atoms with E-state index in [1.807, 2.05) is 13.0 Å². The summed E-state index contributed by atoms with van der Waals surface area (Å²) in [5.41, 5.74) is 1.38. The molecule has 0 radical (unpaired) electrons. The highest BCUT2D eigenvalue weighted by molar-refractivity contribution is 6.07. The molecule has 1 N–H and O–H groups in total. The molecule has 1 aliphatic rings. The molecule has 90 valence electrons. The molecule has 0 aromatic carbocycles. The number of rotatable bonds is 1. The first kappa shape index (κ1) is 10.6. The Labute approximate surface area is 104 Å². The molecule has 1 amide bonds. The third kappa shape index (κ3) is 1.67. The summed E-state index contributed by atoms with van der Waals surface area (Å²) in [5, 5.41) is 2.99. The fourth-order valence-corrected chi connectivity index (χ4v) is 1.90. The van der Waals surface area contributed by atoms with Gasteiger partial charge in [-0.05, 0) is 19.1 Å². The summed E-state index contributed by atoms with van der Waals surface area (Å²) in [6.07, 6.45) is 4.96. The Morgan fingerprint density at radius 1 is 1.39 bits per heavy atom. The van der Waals surface area contributed by atoms with Gasteiger partial charge in [0.2, 0.25) is 0 Å². The number of hydrogen-bond acceptors (Lipinski definition) is 5. The zero-order valence-corrected chi connectivity index (χ0v) is 9.79. The van der Waals surface area contributed by atoms with Crippen molar-refractivity contribution >= 4 is 23.1 Å². The lowest BCUT2D eigenvalue weighted by molar-refractivity contribution is -0.116. The second-order valence-corrected chi connectivity index (χ2v) is 3.94. The van der Waals surface area contributed by atoms with Gasteiger partial charge in [0.1, 0.15) is 11.5 Å². The van der Waals surface area contributed by atoms with Crippen molar-refractivity contribution < 1.29 is 4.79 Å². The van der Waals surface area contributed by atoms with Gasteiger partial charge in [0.25, 0.3) is 5.91 Å². The standard InChI is InChI=1S/C12H11N5O/c1-8-14-6-10-12(16-8)15-7-11(18)17(10)9-3-2-4-13-5-9/h2-6H,7H2,1H3,(H,14,15,16). The Balaban J connectivity index is 2.13. The van der Waals surface area contributed by atoms with Crippen LogP contribution in [0.2, 0.25) is 0 Å². The van der Waals surface area contributed by atoms with E-state index in [9.17, 15) is 4.79 Å². The lowest BCUT2D eigenvalue weighted by Crippen LogP contribution is -2.37. The fraction of sp³-hybridized carbons (Fsp3) is 0.167. The summed E-state index contributed by atoms with van der Waals surface area (Å²) < 4.78 is 0. The van der Waals surface area contributed by atoms with E-state index in [2.05, 4.69) is 20.3 Å². The first-order valence-corrected chi connectivity index (χ1v) is 5.56. The highest BCUT2D eigenvalue weighted by Gasteiger charge is 2.26. The number of pyridine rings is 1. The largest absolute Gasteiger partial charge is 0.359 e. The molecule has 1 aliphatic heterocycles. The number of fused-ring (bicyclic) bond motifs is 1. The molecule has 3 heterocycles. The lowest BCUT2D eigenvalue weighted by atomic mass is 10.2. The molecule has 0 saturated carbocycles. The second-order valence-electron chi connectivity index (χ2n) is 3.94. The Morgan fingerprint density at radius 2 is 2.28 bits per heavy atom. The molecule has 0 unspecified atom stereocenters. The van der Waals surface area contributed by atoms with E-state index >= 15 is 0 Å². The molecule has 0 spiro atoms. The van der Waals surface area contributed by atoms with Crippen LogP contribution in [0, 0.1) is 6.92 Å². The number of aromatic nitrogens is 3. The van der Waals surface area contributed by atoms with E-state index in [1.165, 1.54) is 0 Å². The van der Waals surface area contributed by atoms with Crippen molar-refractivity contribution in [2.75, 3.05) is 16.8 Å². The van der Waals surface area contributed by atoms with Crippen molar-refractivity contribution in [1.82, 2.24) is 15.0 Å². The minimum absolute atomic E-state index is 0.0528. The molecule has 0 saturated heterocycles. The molecule has 18 heavy (non-hydrogen) atoms. The van der Waals surface area contributed by atoms with Gasteiger partial charge in [-0.1, -0.05) is 0 Å². The zero-order chi connectivity index (χ0) is 12.5. The fourth-order valence-electron chi connectivity index (χ4n) is 1.90. The number of amides is 1. The summed E-state index contributed by atoms with van der Waals surface area (Å²) in [7, 11) is 0. The number of nitrogens with one attached hydrogen (secondary N) is 1. The van der Waals surface area contributed by atoms with Gasteiger partial charge in [-0.2, -0.15) is 0 Å². The smallest absolute Gasteiger partial charge is 0.251 e. The molecule has 6 nitrogen and oxygen atoms in total. The summed E-state index contributed by atoms with van der Waals surface area (Å²) in [6, 6.07) is 3.62. The number of carbonyl (C=O) groups is 1. The van der Waals surface area contributed by atoms with Crippen molar-refractivity contribution in [3.8, 4) is 0 Å². The maximum atomic E-state index is 12.0. The molecule has 0 fully saturated rings. The van der Waals surface area contributed by atoms with Gasteiger partial charge < -0.3 is 5.32 Å². The number of nitrogens with zero attached hydrogens (tertiary/aromatic N) is 4. The predicted molar refractivity (Wildman–Crippen MR) is 66.6 cm³/mol. The first-order chi connectivity index (χ1) is 8.75. The second kappa shape index (κ2) is 4.06. The topological polar surface area (TPSA) is 71.0 Å². The minimum atomic E-state index is -0.0528. The third-order valence-electron chi connectivity index (χ3n) is 2.69. The third-order valence-corrected chi connectivity index (χ3v) is 2.69. The number of aryl methyl sites for hydroxylation is 1. The van der Waals surface area contributed by atoms with E-state index in [0.717, 1.165) is 5.69 Å². The Kier molecular flexibility index (Phi) is 2.40. The van der Waals surface area contributed by atoms with Crippen molar-refractivity contribution in [3.05, 3.63) is 36.5 Å². The highest BCUT2D eigenvalue weighted by atomic mass is 16.2. The van der Waals surface area contributed by atoms with Crippen LogP contribution >= 0.6 is 0 Å². The monoisotopic (exact) mass is 241 g/mol. The molecular weight excluding hydrogens is 230 g/mol. The maximum Gasteiger partial charge on any atom is 0.251 e. The predicted octanol–water partition coefficient (Wildman–Crippen LogP) is 1.27. The van der Waals surface area contributed by atoms with Crippen molar-refractivity contribution in [2.45, 2.75) is 6.92 Å². The number of hydrogen-bond donors (Lipinski definition) is 1. The molecule has 2 aromatic heterocycles. The van der Waals surface area contributed by atoms with Gasteiger partial charge in [0.05, 0.1) is 24.6 Å². The molecule has 6 heteroatoms. The van der Waals surface area contributed by atoms with Crippen molar-refractivity contribution in [3.63, 3.8) is 0 Å². The summed E-state index contributed by atoms with van der Waals surface area (Å²) in [5.74, 6) is 1.29. The first-order valence-electron chi connectivity index (χ1n) is 5.56. The van der Waals surface area contributed by atoms with E-state index in [1.54, 1.807) is 29.6 Å². The van der Waals surface area contributed by atoms with Crippen molar-refractivity contribution in [2.24, 2.45) is 0 Å². The van der Waals surface area contributed by atoms with Crippen molar-refractivity contribution in [1.29, 1.82) is 0 Å². The molecule has 3 rings (SSSR count). The van der Waals surface area contributed by atoms with Crippen LogP contribution < -0.4 is 10.2 Å². The molecule has 0 aliphatic carbocycles. The Hall–Kier alpha value is -2.50. The van der Waals surface area contributed by atoms with Gasteiger partial charge in [-0.15, -0.1) is 0 Å². The molecule has 0 atom stereocenters. The van der Waals surface area contributed by atoms with Gasteiger partial charge >= 0.3 is 0 Å². The van der Waals surface area contributed by atoms with Crippen LogP contribution in [0.25, 0.3) is 0 Å². The average Bonchev–Trinajstić information content (AvgIpc) is 2.40. The highest BCUT2D eigenvalue weighted by Crippen LogP contribution is 2.32. The lowest BCUT2D eigenvalue weighted by Gasteiger charge is -2.28. The van der Waals surface area contributed by atoms with E-state index in [4.69, 9.17) is 0 Å². The van der Waals surface area contributed by atoms with E-state index < -0.39 is 0 Å².